The zero-order valence-electron chi connectivity index (χ0n) is 28.7. The molecule has 53 heavy (non-hydrogen) atoms. The fourth-order valence-corrected chi connectivity index (χ4v) is 8.19. The summed E-state index contributed by atoms with van der Waals surface area (Å²) in [6.07, 6.45) is 0. The number of benzene rings is 9. The summed E-state index contributed by atoms with van der Waals surface area (Å²) in [6, 6.07) is 66.7. The van der Waals surface area contributed by atoms with Crippen LogP contribution < -0.4 is 4.90 Å². The maximum atomic E-state index is 6.98. The van der Waals surface area contributed by atoms with E-state index in [0.717, 1.165) is 83.2 Å². The lowest BCUT2D eigenvalue weighted by Gasteiger charge is -2.28. The lowest BCUT2D eigenvalue weighted by molar-refractivity contribution is 0.669. The van der Waals surface area contributed by atoms with Crippen LogP contribution in [-0.2, 0) is 0 Å². The van der Waals surface area contributed by atoms with Gasteiger partial charge in [0.05, 0.1) is 22.1 Å². The van der Waals surface area contributed by atoms with Crippen LogP contribution in [0.4, 0.5) is 17.1 Å². The van der Waals surface area contributed by atoms with Crippen LogP contribution in [0.25, 0.3) is 87.7 Å². The minimum atomic E-state index is 0.849. The highest BCUT2D eigenvalue weighted by Crippen LogP contribution is 2.49. The van der Waals surface area contributed by atoms with E-state index in [2.05, 4.69) is 181 Å². The molecule has 2 aromatic heterocycles. The van der Waals surface area contributed by atoms with Gasteiger partial charge in [0.25, 0.3) is 0 Å². The van der Waals surface area contributed by atoms with Crippen molar-refractivity contribution in [2.45, 2.75) is 0 Å². The first kappa shape index (κ1) is 29.6. The molecule has 0 fully saturated rings. The molecule has 0 spiro atoms. The highest BCUT2D eigenvalue weighted by Gasteiger charge is 2.25. The number of nitrogens with zero attached hydrogens (tertiary/aromatic N) is 1. The minimum Gasteiger partial charge on any atom is -0.456 e. The highest BCUT2D eigenvalue weighted by molar-refractivity contribution is 6.20. The van der Waals surface area contributed by atoms with Gasteiger partial charge in [0.15, 0.2) is 0 Å². The second kappa shape index (κ2) is 11.7. The topological polar surface area (TPSA) is 29.5 Å². The molecule has 0 saturated heterocycles. The Bertz CT molecular complexity index is 3170. The fourth-order valence-electron chi connectivity index (χ4n) is 8.19. The molecule has 0 N–H and O–H groups in total. The van der Waals surface area contributed by atoms with Gasteiger partial charge >= 0.3 is 0 Å². The van der Waals surface area contributed by atoms with Gasteiger partial charge in [0.1, 0.15) is 22.3 Å². The fraction of sp³-hybridized carbons (Fsp3) is 0. The zero-order valence-corrected chi connectivity index (χ0v) is 28.7. The molecule has 3 nitrogen and oxygen atoms in total. The van der Waals surface area contributed by atoms with Crippen molar-refractivity contribution < 1.29 is 8.83 Å². The van der Waals surface area contributed by atoms with Crippen LogP contribution in [0.15, 0.2) is 197 Å². The molecule has 0 amide bonds. The van der Waals surface area contributed by atoms with Gasteiger partial charge in [-0.15, -0.1) is 0 Å². The summed E-state index contributed by atoms with van der Waals surface area (Å²) in [5, 5.41) is 9.16. The van der Waals surface area contributed by atoms with E-state index in [4.69, 9.17) is 8.83 Å². The number of rotatable bonds is 5. The van der Waals surface area contributed by atoms with E-state index in [0.29, 0.717) is 0 Å². The quantitative estimate of drug-likeness (QED) is 0.170. The zero-order chi connectivity index (χ0) is 34.9. The van der Waals surface area contributed by atoms with Crippen molar-refractivity contribution in [3.8, 4) is 22.3 Å². The molecule has 11 aromatic rings. The van der Waals surface area contributed by atoms with Crippen LogP contribution in [0.1, 0.15) is 0 Å². The van der Waals surface area contributed by atoms with Gasteiger partial charge in [-0.1, -0.05) is 133 Å². The molecule has 0 atom stereocenters. The standard InChI is InChI=1S/C50H31NO2/c1-3-12-32(13-4-1)35-24-26-42-47(31-35)53-50-40(33-14-5-2-6-15-33)28-29-44(49(42)50)51(43-19-11-21-46-48(43)41-18-9-10-20-45(41)52-46)37-25-27-39-36(30-37)23-22-34-16-7-8-17-38(34)39/h1-31H. The van der Waals surface area contributed by atoms with Crippen molar-refractivity contribution >= 4 is 82.5 Å². The van der Waals surface area contributed by atoms with Crippen LogP contribution in [0.2, 0.25) is 0 Å². The summed E-state index contributed by atoms with van der Waals surface area (Å²) in [5.41, 5.74) is 11.0. The summed E-state index contributed by atoms with van der Waals surface area (Å²) in [7, 11) is 0. The molecular weight excluding hydrogens is 647 g/mol. The highest BCUT2D eigenvalue weighted by atomic mass is 16.3. The van der Waals surface area contributed by atoms with Gasteiger partial charge in [0.2, 0.25) is 0 Å². The Balaban J connectivity index is 1.24. The monoisotopic (exact) mass is 677 g/mol. The van der Waals surface area contributed by atoms with E-state index in [9.17, 15) is 0 Å². The third-order valence-electron chi connectivity index (χ3n) is 10.6. The average Bonchev–Trinajstić information content (AvgIpc) is 3.81. The van der Waals surface area contributed by atoms with Crippen molar-refractivity contribution in [3.05, 3.63) is 188 Å². The molecule has 0 radical (unpaired) electrons. The molecule has 3 heteroatoms. The predicted octanol–water partition coefficient (Wildman–Crippen LogP) is 14.6. The molecule has 2 heterocycles. The lowest BCUT2D eigenvalue weighted by Crippen LogP contribution is -2.11. The molecule has 9 aromatic carbocycles. The molecule has 0 aliphatic carbocycles. The molecular formula is C50H31NO2. The van der Waals surface area contributed by atoms with Gasteiger partial charge in [-0.25, -0.2) is 0 Å². The first-order valence-electron chi connectivity index (χ1n) is 18.0. The van der Waals surface area contributed by atoms with Gasteiger partial charge in [-0.3, -0.25) is 0 Å². The lowest BCUT2D eigenvalue weighted by atomic mass is 9.97. The van der Waals surface area contributed by atoms with Crippen LogP contribution in [-0.4, -0.2) is 0 Å². The molecule has 0 unspecified atom stereocenters. The molecule has 0 aliphatic rings. The van der Waals surface area contributed by atoms with Crippen molar-refractivity contribution in [2.75, 3.05) is 4.90 Å². The maximum Gasteiger partial charge on any atom is 0.145 e. The first-order chi connectivity index (χ1) is 26.3. The SMILES string of the molecule is c1ccc(-c2ccc3c(c2)oc2c(-c4ccccc4)ccc(N(c4ccc5c(ccc6ccccc65)c4)c4cccc5oc6ccccc6c45)c23)cc1. The predicted molar refractivity (Wildman–Crippen MR) is 222 cm³/mol. The van der Waals surface area contributed by atoms with Gasteiger partial charge in [-0.05, 0) is 92.8 Å². The third-order valence-corrected chi connectivity index (χ3v) is 10.6. The van der Waals surface area contributed by atoms with Crippen molar-refractivity contribution in [1.82, 2.24) is 0 Å². The molecule has 11 rings (SSSR count). The summed E-state index contributed by atoms with van der Waals surface area (Å²) < 4.78 is 13.4. The Morgan fingerprint density at radius 2 is 1.00 bits per heavy atom. The first-order valence-corrected chi connectivity index (χ1v) is 18.0. The van der Waals surface area contributed by atoms with Crippen LogP contribution >= 0.6 is 0 Å². The number of anilines is 3. The van der Waals surface area contributed by atoms with Crippen LogP contribution in [0.5, 0.6) is 0 Å². The largest absolute Gasteiger partial charge is 0.456 e. The molecule has 0 bridgehead atoms. The van der Waals surface area contributed by atoms with E-state index in [-0.39, 0.29) is 0 Å². The average molecular weight is 678 g/mol. The number of hydrogen-bond donors (Lipinski definition) is 0. The van der Waals surface area contributed by atoms with Gasteiger partial charge in [-0.2, -0.15) is 0 Å². The van der Waals surface area contributed by atoms with Crippen molar-refractivity contribution in [1.29, 1.82) is 0 Å². The van der Waals surface area contributed by atoms with Crippen LogP contribution in [0.3, 0.4) is 0 Å². The maximum absolute atomic E-state index is 6.98. The summed E-state index contributed by atoms with van der Waals surface area (Å²) in [5.74, 6) is 0. The van der Waals surface area contributed by atoms with Crippen molar-refractivity contribution in [3.63, 3.8) is 0 Å². The molecule has 248 valence electrons. The minimum absolute atomic E-state index is 0.849. The van der Waals surface area contributed by atoms with E-state index in [1.54, 1.807) is 0 Å². The van der Waals surface area contributed by atoms with Crippen LogP contribution in [0, 0.1) is 0 Å². The summed E-state index contributed by atoms with van der Waals surface area (Å²) in [4.78, 5) is 2.40. The van der Waals surface area contributed by atoms with Gasteiger partial charge in [0, 0.05) is 22.0 Å². The van der Waals surface area contributed by atoms with E-state index in [1.807, 2.05) is 12.1 Å². The summed E-state index contributed by atoms with van der Waals surface area (Å²) >= 11 is 0. The normalized spacial score (nSPS) is 11.8. The summed E-state index contributed by atoms with van der Waals surface area (Å²) in [6.45, 7) is 0. The van der Waals surface area contributed by atoms with Crippen molar-refractivity contribution in [2.24, 2.45) is 0 Å². The Kier molecular flexibility index (Phi) is 6.55. The smallest absolute Gasteiger partial charge is 0.145 e. The Morgan fingerprint density at radius 3 is 1.87 bits per heavy atom. The van der Waals surface area contributed by atoms with E-state index < -0.39 is 0 Å². The number of fused-ring (bicyclic) bond motifs is 9. The van der Waals surface area contributed by atoms with E-state index >= 15 is 0 Å². The number of furan rings is 2. The second-order valence-corrected chi connectivity index (χ2v) is 13.7. The molecule has 0 saturated carbocycles. The second-order valence-electron chi connectivity index (χ2n) is 13.7. The molecule has 0 aliphatic heterocycles. The third kappa shape index (κ3) is 4.68. The number of hydrogen-bond acceptors (Lipinski definition) is 3. The van der Waals surface area contributed by atoms with Gasteiger partial charge < -0.3 is 13.7 Å². The van der Waals surface area contributed by atoms with E-state index in [1.165, 1.54) is 21.5 Å². The Hall–Kier alpha value is -7.10. The Labute approximate surface area is 305 Å². The number of para-hydroxylation sites is 1. The Morgan fingerprint density at radius 1 is 0.340 bits per heavy atom.